The van der Waals surface area contributed by atoms with E-state index in [1.54, 1.807) is 6.07 Å². The number of aromatic amines is 1. The number of hydrogen-bond acceptors (Lipinski definition) is 4. The lowest BCUT2D eigenvalue weighted by atomic mass is 10.3. The van der Waals surface area contributed by atoms with Crippen molar-refractivity contribution in [3.63, 3.8) is 0 Å². The van der Waals surface area contributed by atoms with Gasteiger partial charge in [-0.05, 0) is 12.1 Å². The molecule has 0 aliphatic rings. The van der Waals surface area contributed by atoms with E-state index >= 15 is 0 Å². The molecule has 0 aliphatic heterocycles. The zero-order valence-electron chi connectivity index (χ0n) is 9.11. The Morgan fingerprint density at radius 2 is 2.11 bits per heavy atom. The number of anilines is 1. The van der Waals surface area contributed by atoms with Gasteiger partial charge in [0.2, 0.25) is 0 Å². The third-order valence-corrected chi connectivity index (χ3v) is 3.58. The van der Waals surface area contributed by atoms with Crippen molar-refractivity contribution >= 4 is 26.9 Å². The smallest absolute Gasteiger partial charge is 0.341 e. The van der Waals surface area contributed by atoms with Crippen LogP contribution in [0.25, 0.3) is 10.9 Å². The maximum atomic E-state index is 11.9. The maximum Gasteiger partial charge on any atom is 0.345 e. The van der Waals surface area contributed by atoms with Crippen LogP contribution in [0, 0.1) is 0 Å². The lowest BCUT2D eigenvalue weighted by molar-refractivity contribution is 0.582. The van der Waals surface area contributed by atoms with Gasteiger partial charge in [-0.2, -0.15) is 8.42 Å². The molecule has 3 aromatic rings. The normalized spacial score (nSPS) is 11.8. The van der Waals surface area contributed by atoms with E-state index in [0.717, 1.165) is 15.0 Å². The summed E-state index contributed by atoms with van der Waals surface area (Å²) < 4.78 is 26.9. The maximum absolute atomic E-state index is 11.9. The first-order valence-electron chi connectivity index (χ1n) is 5.12. The molecule has 0 unspecified atom stereocenters. The SMILES string of the molecule is O=S(=O)(Nc1cc2ccccc2[nH]1)n1ccnn1. The first kappa shape index (κ1) is 10.8. The molecule has 2 heterocycles. The van der Waals surface area contributed by atoms with Crippen LogP contribution < -0.4 is 4.72 Å². The summed E-state index contributed by atoms with van der Waals surface area (Å²) in [5, 5.41) is 7.82. The van der Waals surface area contributed by atoms with Crippen molar-refractivity contribution in [1.29, 1.82) is 0 Å². The van der Waals surface area contributed by atoms with Gasteiger partial charge in [0.15, 0.2) is 0 Å². The van der Waals surface area contributed by atoms with Crippen molar-refractivity contribution in [3.8, 4) is 0 Å². The molecule has 92 valence electrons. The molecule has 0 aliphatic carbocycles. The fourth-order valence-electron chi connectivity index (χ4n) is 1.64. The minimum absolute atomic E-state index is 0.381. The van der Waals surface area contributed by atoms with Gasteiger partial charge in [-0.25, -0.2) is 0 Å². The Bertz CT molecular complexity index is 743. The molecule has 0 radical (unpaired) electrons. The average Bonchev–Trinajstić information content (AvgIpc) is 2.96. The first-order valence-corrected chi connectivity index (χ1v) is 6.56. The topological polar surface area (TPSA) is 92.7 Å². The van der Waals surface area contributed by atoms with Gasteiger partial charge in [0.25, 0.3) is 0 Å². The summed E-state index contributed by atoms with van der Waals surface area (Å²) in [6.45, 7) is 0. The summed E-state index contributed by atoms with van der Waals surface area (Å²) in [6.07, 6.45) is 2.55. The molecule has 2 N–H and O–H groups in total. The van der Waals surface area contributed by atoms with Crippen LogP contribution in [0.2, 0.25) is 0 Å². The summed E-state index contributed by atoms with van der Waals surface area (Å²) in [4.78, 5) is 2.96. The van der Waals surface area contributed by atoms with Gasteiger partial charge in [0.05, 0.1) is 12.4 Å². The van der Waals surface area contributed by atoms with Crippen molar-refractivity contribution < 1.29 is 8.42 Å². The molecule has 0 atom stereocenters. The molecule has 0 amide bonds. The highest BCUT2D eigenvalue weighted by atomic mass is 32.2. The van der Waals surface area contributed by atoms with Crippen molar-refractivity contribution in [2.75, 3.05) is 4.72 Å². The van der Waals surface area contributed by atoms with E-state index in [2.05, 4.69) is 20.0 Å². The van der Waals surface area contributed by atoms with E-state index in [4.69, 9.17) is 0 Å². The number of H-pyrrole nitrogens is 1. The monoisotopic (exact) mass is 263 g/mol. The number of nitrogens with zero attached hydrogens (tertiary/aromatic N) is 3. The van der Waals surface area contributed by atoms with Crippen molar-refractivity contribution in [3.05, 3.63) is 42.7 Å². The van der Waals surface area contributed by atoms with Crippen LogP contribution in [-0.4, -0.2) is 27.8 Å². The molecule has 8 heteroatoms. The van der Waals surface area contributed by atoms with Crippen molar-refractivity contribution in [2.45, 2.75) is 0 Å². The molecule has 3 rings (SSSR count). The first-order chi connectivity index (χ1) is 8.65. The van der Waals surface area contributed by atoms with Gasteiger partial charge in [-0.1, -0.05) is 23.4 Å². The highest BCUT2D eigenvalue weighted by molar-refractivity contribution is 7.91. The molecule has 0 bridgehead atoms. The van der Waals surface area contributed by atoms with Gasteiger partial charge in [-0.3, -0.25) is 4.72 Å². The molecule has 0 saturated carbocycles. The van der Waals surface area contributed by atoms with E-state index < -0.39 is 10.2 Å². The van der Waals surface area contributed by atoms with Crippen molar-refractivity contribution in [2.24, 2.45) is 0 Å². The minimum atomic E-state index is -3.76. The predicted octanol–water partition coefficient (Wildman–Crippen LogP) is 0.964. The number of para-hydroxylation sites is 1. The third kappa shape index (κ3) is 1.82. The quantitative estimate of drug-likeness (QED) is 0.736. The summed E-state index contributed by atoms with van der Waals surface area (Å²) in [7, 11) is -3.76. The number of aromatic nitrogens is 4. The Labute approximate surface area is 103 Å². The summed E-state index contributed by atoms with van der Waals surface area (Å²) >= 11 is 0. The molecule has 1 aromatic carbocycles. The fourth-order valence-corrected chi connectivity index (χ4v) is 2.47. The Hall–Kier alpha value is -2.35. The van der Waals surface area contributed by atoms with Gasteiger partial charge >= 0.3 is 10.2 Å². The Morgan fingerprint density at radius 3 is 2.83 bits per heavy atom. The second-order valence-corrected chi connectivity index (χ2v) is 5.18. The van der Waals surface area contributed by atoms with Gasteiger partial charge in [0.1, 0.15) is 5.82 Å². The number of hydrogen-bond donors (Lipinski definition) is 2. The Morgan fingerprint density at radius 1 is 1.28 bits per heavy atom. The van der Waals surface area contributed by atoms with E-state index in [-0.39, 0.29) is 0 Å². The number of fused-ring (bicyclic) bond motifs is 1. The summed E-state index contributed by atoms with van der Waals surface area (Å²) in [6, 6.07) is 9.21. The predicted molar refractivity (Wildman–Crippen MR) is 66.3 cm³/mol. The third-order valence-electron chi connectivity index (χ3n) is 2.42. The van der Waals surface area contributed by atoms with Crippen LogP contribution in [-0.2, 0) is 10.2 Å². The average molecular weight is 263 g/mol. The van der Waals surface area contributed by atoms with Crippen LogP contribution in [0.1, 0.15) is 0 Å². The van der Waals surface area contributed by atoms with E-state index in [9.17, 15) is 8.42 Å². The lowest BCUT2D eigenvalue weighted by Crippen LogP contribution is -2.22. The van der Waals surface area contributed by atoms with E-state index in [0.29, 0.717) is 5.82 Å². The van der Waals surface area contributed by atoms with Crippen LogP contribution >= 0.6 is 0 Å². The number of benzene rings is 1. The molecule has 0 fully saturated rings. The molecular formula is C10H9N5O2S. The van der Waals surface area contributed by atoms with E-state index in [1.807, 2.05) is 24.3 Å². The number of nitrogens with one attached hydrogen (secondary N) is 2. The van der Waals surface area contributed by atoms with Crippen LogP contribution in [0.5, 0.6) is 0 Å². The lowest BCUT2D eigenvalue weighted by Gasteiger charge is -2.03. The number of rotatable bonds is 3. The fraction of sp³-hybridized carbons (Fsp3) is 0. The Kier molecular flexibility index (Phi) is 2.30. The second kappa shape index (κ2) is 3.84. The molecule has 2 aromatic heterocycles. The highest BCUT2D eigenvalue weighted by Gasteiger charge is 2.14. The van der Waals surface area contributed by atoms with E-state index in [1.165, 1.54) is 12.4 Å². The summed E-state index contributed by atoms with van der Waals surface area (Å²) in [5.41, 5.74) is 0.855. The van der Waals surface area contributed by atoms with Gasteiger partial charge in [0, 0.05) is 10.9 Å². The van der Waals surface area contributed by atoms with Crippen LogP contribution in [0.15, 0.2) is 42.7 Å². The molecule has 18 heavy (non-hydrogen) atoms. The zero-order valence-corrected chi connectivity index (χ0v) is 9.92. The molecular weight excluding hydrogens is 254 g/mol. The largest absolute Gasteiger partial charge is 0.345 e. The zero-order chi connectivity index (χ0) is 12.6. The van der Waals surface area contributed by atoms with Gasteiger partial charge in [-0.15, -0.1) is 9.19 Å². The Balaban J connectivity index is 1.97. The van der Waals surface area contributed by atoms with Crippen molar-refractivity contribution in [1.82, 2.24) is 19.4 Å². The minimum Gasteiger partial charge on any atom is -0.341 e. The van der Waals surface area contributed by atoms with Gasteiger partial charge < -0.3 is 4.98 Å². The molecule has 7 nitrogen and oxygen atoms in total. The van der Waals surface area contributed by atoms with Crippen LogP contribution in [0.4, 0.5) is 5.82 Å². The second-order valence-electron chi connectivity index (χ2n) is 3.65. The van der Waals surface area contributed by atoms with Crippen LogP contribution in [0.3, 0.4) is 0 Å². The molecule has 0 saturated heterocycles. The highest BCUT2D eigenvalue weighted by Crippen LogP contribution is 2.18. The standard InChI is InChI=1S/C10H9N5O2S/c16-18(17,15-6-5-11-14-15)13-10-7-8-3-1-2-4-9(8)12-10/h1-7,12-13H. The molecule has 0 spiro atoms. The summed E-state index contributed by atoms with van der Waals surface area (Å²) in [5.74, 6) is 0.381.